The number of nitrogens with one attached hydrogen (secondary N) is 2. The Balaban J connectivity index is 1.99. The summed E-state index contributed by atoms with van der Waals surface area (Å²) in [7, 11) is 1.54. The van der Waals surface area contributed by atoms with E-state index in [1.54, 1.807) is 25.3 Å². The monoisotopic (exact) mass is 369 g/mol. The van der Waals surface area contributed by atoms with E-state index in [4.69, 9.17) is 9.47 Å². The van der Waals surface area contributed by atoms with Gasteiger partial charge in [0.25, 0.3) is 0 Å². The molecular formula is C20H23N3O4. The number of anilines is 1. The Labute approximate surface area is 158 Å². The van der Waals surface area contributed by atoms with Gasteiger partial charge < -0.3 is 14.8 Å². The summed E-state index contributed by atoms with van der Waals surface area (Å²) in [6.07, 6.45) is 1.42. The van der Waals surface area contributed by atoms with E-state index >= 15 is 0 Å². The number of ether oxygens (including phenoxy) is 2. The molecular weight excluding hydrogens is 346 g/mol. The molecule has 27 heavy (non-hydrogen) atoms. The molecule has 0 aliphatic heterocycles. The van der Waals surface area contributed by atoms with Crippen LogP contribution in [0.2, 0.25) is 0 Å². The SMILES string of the molecule is CCOc1ccc(/C=N\NC(=O)C(=O)Nc2c(C)cccc2C)cc1OC. The Morgan fingerprint density at radius 3 is 2.41 bits per heavy atom. The van der Waals surface area contributed by atoms with Crippen molar-refractivity contribution in [1.82, 2.24) is 5.43 Å². The predicted molar refractivity (Wildman–Crippen MR) is 104 cm³/mol. The first-order chi connectivity index (χ1) is 13.0. The Kier molecular flexibility index (Phi) is 6.93. The fourth-order valence-corrected chi connectivity index (χ4v) is 2.44. The molecule has 0 spiro atoms. The lowest BCUT2D eigenvalue weighted by Crippen LogP contribution is -2.32. The molecule has 2 rings (SSSR count). The number of hydrogen-bond donors (Lipinski definition) is 2. The molecule has 2 aromatic rings. The van der Waals surface area contributed by atoms with E-state index in [9.17, 15) is 9.59 Å². The zero-order valence-corrected chi connectivity index (χ0v) is 15.8. The lowest BCUT2D eigenvalue weighted by atomic mass is 10.1. The minimum absolute atomic E-state index is 0.523. The summed E-state index contributed by atoms with van der Waals surface area (Å²) < 4.78 is 10.7. The van der Waals surface area contributed by atoms with E-state index in [2.05, 4.69) is 15.8 Å². The largest absolute Gasteiger partial charge is 0.493 e. The number of hydrazone groups is 1. The van der Waals surface area contributed by atoms with Crippen LogP contribution in [0.1, 0.15) is 23.6 Å². The molecule has 0 fully saturated rings. The number of nitrogens with zero attached hydrogens (tertiary/aromatic N) is 1. The Hall–Kier alpha value is -3.35. The minimum Gasteiger partial charge on any atom is -0.493 e. The average molecular weight is 369 g/mol. The Morgan fingerprint density at radius 1 is 1.07 bits per heavy atom. The van der Waals surface area contributed by atoms with E-state index in [0.29, 0.717) is 29.4 Å². The summed E-state index contributed by atoms with van der Waals surface area (Å²) in [5.74, 6) is -0.463. The smallest absolute Gasteiger partial charge is 0.329 e. The van der Waals surface area contributed by atoms with Gasteiger partial charge in [-0.15, -0.1) is 0 Å². The van der Waals surface area contributed by atoms with Crippen LogP contribution in [0.4, 0.5) is 5.69 Å². The number of methoxy groups -OCH3 is 1. The molecule has 0 saturated carbocycles. The second kappa shape index (κ2) is 9.38. The third-order valence-electron chi connectivity index (χ3n) is 3.79. The minimum atomic E-state index is -0.855. The number of para-hydroxylation sites is 1. The molecule has 0 aromatic heterocycles. The first-order valence-electron chi connectivity index (χ1n) is 8.47. The van der Waals surface area contributed by atoms with Crippen molar-refractivity contribution < 1.29 is 19.1 Å². The molecule has 7 heteroatoms. The molecule has 0 atom stereocenters. The number of carbonyl (C=O) groups excluding carboxylic acids is 2. The highest BCUT2D eigenvalue weighted by Crippen LogP contribution is 2.27. The van der Waals surface area contributed by atoms with Crippen LogP contribution >= 0.6 is 0 Å². The Morgan fingerprint density at radius 2 is 1.78 bits per heavy atom. The predicted octanol–water partition coefficient (Wildman–Crippen LogP) is 2.80. The summed E-state index contributed by atoms with van der Waals surface area (Å²) in [6.45, 7) is 6.12. The molecule has 7 nitrogen and oxygen atoms in total. The molecule has 0 bridgehead atoms. The van der Waals surface area contributed by atoms with Gasteiger partial charge in [-0.05, 0) is 55.7 Å². The molecule has 0 aliphatic carbocycles. The van der Waals surface area contributed by atoms with E-state index in [0.717, 1.165) is 11.1 Å². The topological polar surface area (TPSA) is 89.0 Å². The summed E-state index contributed by atoms with van der Waals surface area (Å²) in [6, 6.07) is 10.8. The highest BCUT2D eigenvalue weighted by Gasteiger charge is 2.15. The number of aryl methyl sites for hydroxylation is 2. The lowest BCUT2D eigenvalue weighted by Gasteiger charge is -2.10. The fourth-order valence-electron chi connectivity index (χ4n) is 2.44. The van der Waals surface area contributed by atoms with E-state index < -0.39 is 11.8 Å². The first kappa shape index (κ1) is 20.0. The second-order valence-electron chi connectivity index (χ2n) is 5.76. The average Bonchev–Trinajstić information content (AvgIpc) is 2.65. The maximum atomic E-state index is 12.0. The standard InChI is InChI=1S/C20H23N3O4/c1-5-27-16-10-9-15(11-17(16)26-4)12-21-23-20(25)19(24)22-18-13(2)7-6-8-14(18)3/h6-12H,5H2,1-4H3,(H,22,24)(H,23,25)/b21-12-. The van der Waals surface area contributed by atoms with Gasteiger partial charge in [0, 0.05) is 5.69 Å². The number of hydrogen-bond acceptors (Lipinski definition) is 5. The molecule has 0 heterocycles. The number of amides is 2. The van der Waals surface area contributed by atoms with Gasteiger partial charge in [0.05, 0.1) is 19.9 Å². The summed E-state index contributed by atoms with van der Waals surface area (Å²) in [4.78, 5) is 24.0. The van der Waals surface area contributed by atoms with Crippen LogP contribution in [0, 0.1) is 13.8 Å². The van der Waals surface area contributed by atoms with Gasteiger partial charge in [-0.2, -0.15) is 5.10 Å². The molecule has 0 aliphatic rings. The van der Waals surface area contributed by atoms with Crippen LogP contribution in [-0.4, -0.2) is 31.7 Å². The highest BCUT2D eigenvalue weighted by molar-refractivity contribution is 6.39. The van der Waals surface area contributed by atoms with Gasteiger partial charge in [-0.25, -0.2) is 5.43 Å². The van der Waals surface area contributed by atoms with Crippen LogP contribution in [0.5, 0.6) is 11.5 Å². The number of benzene rings is 2. The van der Waals surface area contributed by atoms with Gasteiger partial charge in [0.1, 0.15) is 0 Å². The number of carbonyl (C=O) groups is 2. The second-order valence-corrected chi connectivity index (χ2v) is 5.76. The van der Waals surface area contributed by atoms with Crippen molar-refractivity contribution >= 4 is 23.7 Å². The molecule has 0 unspecified atom stereocenters. The summed E-state index contributed by atoms with van der Waals surface area (Å²) >= 11 is 0. The van der Waals surface area contributed by atoms with Crippen LogP contribution in [0.3, 0.4) is 0 Å². The normalized spacial score (nSPS) is 10.5. The van der Waals surface area contributed by atoms with Crippen LogP contribution in [-0.2, 0) is 9.59 Å². The molecule has 2 aromatic carbocycles. The van der Waals surface area contributed by atoms with Crippen molar-refractivity contribution in [3.05, 3.63) is 53.1 Å². The van der Waals surface area contributed by atoms with Gasteiger partial charge in [-0.3, -0.25) is 9.59 Å². The fraction of sp³-hybridized carbons (Fsp3) is 0.250. The molecule has 0 radical (unpaired) electrons. The summed E-state index contributed by atoms with van der Waals surface area (Å²) in [5, 5.41) is 6.42. The van der Waals surface area contributed by atoms with Crippen LogP contribution in [0.15, 0.2) is 41.5 Å². The van der Waals surface area contributed by atoms with Crippen molar-refractivity contribution in [3.63, 3.8) is 0 Å². The highest BCUT2D eigenvalue weighted by atomic mass is 16.5. The van der Waals surface area contributed by atoms with Gasteiger partial charge >= 0.3 is 11.8 Å². The molecule has 142 valence electrons. The first-order valence-corrected chi connectivity index (χ1v) is 8.47. The van der Waals surface area contributed by atoms with E-state index in [1.807, 2.05) is 39.0 Å². The molecule has 0 saturated heterocycles. The van der Waals surface area contributed by atoms with Gasteiger partial charge in [-0.1, -0.05) is 18.2 Å². The van der Waals surface area contributed by atoms with Crippen molar-refractivity contribution in [3.8, 4) is 11.5 Å². The van der Waals surface area contributed by atoms with Crippen molar-refractivity contribution in [2.45, 2.75) is 20.8 Å². The third-order valence-corrected chi connectivity index (χ3v) is 3.79. The van der Waals surface area contributed by atoms with Crippen LogP contribution < -0.4 is 20.2 Å². The van der Waals surface area contributed by atoms with Crippen molar-refractivity contribution in [1.29, 1.82) is 0 Å². The Bertz CT molecular complexity index is 842. The number of rotatable bonds is 6. The maximum Gasteiger partial charge on any atom is 0.329 e. The van der Waals surface area contributed by atoms with Gasteiger partial charge in [0.15, 0.2) is 11.5 Å². The molecule has 2 amide bonds. The third kappa shape index (κ3) is 5.31. The van der Waals surface area contributed by atoms with Crippen molar-refractivity contribution in [2.24, 2.45) is 5.10 Å². The van der Waals surface area contributed by atoms with Gasteiger partial charge in [0.2, 0.25) is 0 Å². The van der Waals surface area contributed by atoms with E-state index in [1.165, 1.54) is 6.21 Å². The summed E-state index contributed by atoms with van der Waals surface area (Å²) in [5.41, 5.74) is 5.27. The van der Waals surface area contributed by atoms with E-state index in [-0.39, 0.29) is 0 Å². The quantitative estimate of drug-likeness (QED) is 0.465. The maximum absolute atomic E-state index is 12.0. The van der Waals surface area contributed by atoms with Crippen LogP contribution in [0.25, 0.3) is 0 Å². The lowest BCUT2D eigenvalue weighted by molar-refractivity contribution is -0.136. The zero-order chi connectivity index (χ0) is 19.8. The zero-order valence-electron chi connectivity index (χ0n) is 15.8. The van der Waals surface area contributed by atoms with Crippen molar-refractivity contribution in [2.75, 3.05) is 19.0 Å². The molecule has 2 N–H and O–H groups in total.